The fraction of sp³-hybridized carbons (Fsp3) is 0.364. The maximum absolute atomic E-state index is 12.8. The number of para-hydroxylation sites is 1. The number of rotatable bonds is 8. The fourth-order valence-corrected chi connectivity index (χ4v) is 3.53. The Morgan fingerprint density at radius 1 is 1.03 bits per heavy atom. The molecule has 1 aromatic carbocycles. The number of nitrogens with zero attached hydrogens (tertiary/aromatic N) is 4. The largest absolute Gasteiger partial charge is 0.493 e. The highest BCUT2D eigenvalue weighted by Crippen LogP contribution is 2.36. The number of amides is 1. The fourth-order valence-electron chi connectivity index (χ4n) is 3.53. The van der Waals surface area contributed by atoms with Crippen LogP contribution in [0.3, 0.4) is 0 Å². The van der Waals surface area contributed by atoms with Crippen LogP contribution in [0.2, 0.25) is 0 Å². The number of aromatic nitrogens is 2. The molecule has 0 atom stereocenters. The number of hydrogen-bond acceptors (Lipinski definition) is 7. The monoisotopic (exact) mass is 426 g/mol. The predicted octanol–water partition coefficient (Wildman–Crippen LogP) is 2.49. The highest BCUT2D eigenvalue weighted by atomic mass is 16.5. The minimum Gasteiger partial charge on any atom is -0.493 e. The number of carbonyl (C=O) groups excluding carboxylic acids is 1. The van der Waals surface area contributed by atoms with E-state index in [1.54, 1.807) is 49.6 Å². The summed E-state index contributed by atoms with van der Waals surface area (Å²) in [5.74, 6) is 2.48. The van der Waals surface area contributed by atoms with Crippen molar-refractivity contribution < 1.29 is 23.4 Å². The third-order valence-corrected chi connectivity index (χ3v) is 5.20. The molecule has 1 saturated heterocycles. The average molecular weight is 426 g/mol. The average Bonchev–Trinajstić information content (AvgIpc) is 3.49. The van der Waals surface area contributed by atoms with Crippen LogP contribution in [0.4, 0.5) is 0 Å². The summed E-state index contributed by atoms with van der Waals surface area (Å²) >= 11 is 0. The third kappa shape index (κ3) is 4.83. The molecule has 1 aliphatic heterocycles. The first-order valence-electron chi connectivity index (χ1n) is 10.1. The lowest BCUT2D eigenvalue weighted by molar-refractivity contribution is 0.0612. The van der Waals surface area contributed by atoms with Crippen LogP contribution in [0, 0.1) is 0 Å². The lowest BCUT2D eigenvalue weighted by Gasteiger charge is -2.33. The molecular weight excluding hydrogens is 400 g/mol. The van der Waals surface area contributed by atoms with Gasteiger partial charge >= 0.3 is 0 Å². The summed E-state index contributed by atoms with van der Waals surface area (Å²) in [6.45, 7) is 3.78. The highest BCUT2D eigenvalue weighted by molar-refractivity contribution is 5.92. The van der Waals surface area contributed by atoms with Crippen LogP contribution in [0.1, 0.15) is 16.2 Å². The summed E-state index contributed by atoms with van der Waals surface area (Å²) in [7, 11) is 3.14. The molecule has 1 amide bonds. The van der Waals surface area contributed by atoms with Crippen LogP contribution < -0.4 is 14.2 Å². The molecule has 0 saturated carbocycles. The Hall–Kier alpha value is -3.46. The van der Waals surface area contributed by atoms with Crippen molar-refractivity contribution in [2.45, 2.75) is 13.3 Å². The summed E-state index contributed by atoms with van der Waals surface area (Å²) in [4.78, 5) is 16.9. The van der Waals surface area contributed by atoms with Crippen molar-refractivity contribution in [3.05, 3.63) is 60.3 Å². The molecule has 3 heterocycles. The number of ether oxygens (including phenoxy) is 3. The van der Waals surface area contributed by atoms with E-state index in [0.717, 1.165) is 25.4 Å². The summed E-state index contributed by atoms with van der Waals surface area (Å²) in [5, 5.41) is 4.38. The van der Waals surface area contributed by atoms with E-state index in [2.05, 4.69) is 10.00 Å². The molecule has 1 fully saturated rings. The smallest absolute Gasteiger partial charge is 0.274 e. The van der Waals surface area contributed by atoms with Crippen LogP contribution in [-0.2, 0) is 13.3 Å². The summed E-state index contributed by atoms with van der Waals surface area (Å²) in [6, 6.07) is 11.0. The van der Waals surface area contributed by atoms with Gasteiger partial charge in [-0.05, 0) is 30.3 Å². The Bertz CT molecular complexity index is 971. The topological polar surface area (TPSA) is 82.2 Å². The van der Waals surface area contributed by atoms with Gasteiger partial charge in [0.2, 0.25) is 5.75 Å². The van der Waals surface area contributed by atoms with Gasteiger partial charge in [0.25, 0.3) is 5.91 Å². The Labute approximate surface area is 180 Å². The predicted molar refractivity (Wildman–Crippen MR) is 112 cm³/mol. The van der Waals surface area contributed by atoms with Gasteiger partial charge in [-0.3, -0.25) is 9.69 Å². The van der Waals surface area contributed by atoms with Crippen LogP contribution >= 0.6 is 0 Å². The normalized spacial score (nSPS) is 14.5. The molecule has 0 bridgehead atoms. The molecule has 31 heavy (non-hydrogen) atoms. The lowest BCUT2D eigenvalue weighted by atomic mass is 10.2. The van der Waals surface area contributed by atoms with Crippen molar-refractivity contribution in [2.24, 2.45) is 0 Å². The van der Waals surface area contributed by atoms with Crippen molar-refractivity contribution >= 4 is 5.91 Å². The molecule has 2 aromatic heterocycles. The number of furan rings is 1. The molecule has 4 rings (SSSR count). The minimum absolute atomic E-state index is 0.0775. The second kappa shape index (κ2) is 9.57. The number of hydrogen-bond donors (Lipinski definition) is 0. The van der Waals surface area contributed by atoms with E-state index in [0.29, 0.717) is 36.0 Å². The Morgan fingerprint density at radius 2 is 1.77 bits per heavy atom. The first-order chi connectivity index (χ1) is 15.2. The molecule has 9 heteroatoms. The van der Waals surface area contributed by atoms with E-state index in [9.17, 15) is 4.79 Å². The van der Waals surface area contributed by atoms with Gasteiger partial charge in [-0.15, -0.1) is 0 Å². The first kappa shape index (κ1) is 20.8. The van der Waals surface area contributed by atoms with Crippen molar-refractivity contribution in [3.8, 4) is 17.2 Å². The molecular formula is C22H26N4O5. The zero-order valence-corrected chi connectivity index (χ0v) is 17.7. The van der Waals surface area contributed by atoms with E-state index in [1.807, 2.05) is 23.1 Å². The van der Waals surface area contributed by atoms with Crippen LogP contribution in [0.5, 0.6) is 17.2 Å². The van der Waals surface area contributed by atoms with Crippen LogP contribution in [0.25, 0.3) is 0 Å². The van der Waals surface area contributed by atoms with E-state index >= 15 is 0 Å². The van der Waals surface area contributed by atoms with Crippen molar-refractivity contribution in [1.82, 2.24) is 19.6 Å². The standard InChI is InChI=1S/C22H26N4O5/c1-28-19-6-3-7-20(29-2)21(19)31-16-26-9-8-18(23-26)22(27)25-12-10-24(11-13-25)15-17-5-4-14-30-17/h3-9,14H,10-13,15-16H2,1-2H3. The Morgan fingerprint density at radius 3 is 2.42 bits per heavy atom. The zero-order valence-electron chi connectivity index (χ0n) is 17.7. The highest BCUT2D eigenvalue weighted by Gasteiger charge is 2.24. The molecule has 0 spiro atoms. The number of carbonyl (C=O) groups is 1. The maximum Gasteiger partial charge on any atom is 0.274 e. The number of benzene rings is 1. The van der Waals surface area contributed by atoms with Gasteiger partial charge in [0.05, 0.1) is 27.0 Å². The van der Waals surface area contributed by atoms with Gasteiger partial charge < -0.3 is 23.5 Å². The Kier molecular flexibility index (Phi) is 6.42. The zero-order chi connectivity index (χ0) is 21.6. The van der Waals surface area contributed by atoms with Gasteiger partial charge in [0, 0.05) is 32.4 Å². The summed E-state index contributed by atoms with van der Waals surface area (Å²) < 4.78 is 23.5. The summed E-state index contributed by atoms with van der Waals surface area (Å²) in [5.41, 5.74) is 0.398. The van der Waals surface area contributed by atoms with E-state index in [4.69, 9.17) is 18.6 Å². The molecule has 0 unspecified atom stereocenters. The van der Waals surface area contributed by atoms with E-state index in [-0.39, 0.29) is 12.6 Å². The van der Waals surface area contributed by atoms with Gasteiger partial charge in [-0.2, -0.15) is 5.10 Å². The molecule has 1 aliphatic rings. The summed E-state index contributed by atoms with van der Waals surface area (Å²) in [6.07, 6.45) is 3.40. The second-order valence-electron chi connectivity index (χ2n) is 7.15. The van der Waals surface area contributed by atoms with Gasteiger partial charge in [-0.25, -0.2) is 4.68 Å². The molecule has 0 radical (unpaired) electrons. The first-order valence-corrected chi connectivity index (χ1v) is 10.1. The van der Waals surface area contributed by atoms with E-state index in [1.165, 1.54) is 0 Å². The molecule has 0 N–H and O–H groups in total. The second-order valence-corrected chi connectivity index (χ2v) is 7.15. The van der Waals surface area contributed by atoms with Crippen molar-refractivity contribution in [1.29, 1.82) is 0 Å². The molecule has 9 nitrogen and oxygen atoms in total. The minimum atomic E-state index is -0.0775. The van der Waals surface area contributed by atoms with E-state index < -0.39 is 0 Å². The van der Waals surface area contributed by atoms with Gasteiger partial charge in [0.1, 0.15) is 5.76 Å². The SMILES string of the molecule is COc1cccc(OC)c1OCn1ccc(C(=O)N2CCN(Cc3ccco3)CC2)n1. The quantitative estimate of drug-likeness (QED) is 0.547. The Balaban J connectivity index is 1.32. The molecule has 3 aromatic rings. The van der Waals surface area contributed by atoms with Crippen molar-refractivity contribution in [2.75, 3.05) is 40.4 Å². The van der Waals surface area contributed by atoms with Crippen LogP contribution in [-0.4, -0.2) is 65.9 Å². The number of piperazine rings is 1. The van der Waals surface area contributed by atoms with Crippen LogP contribution in [0.15, 0.2) is 53.3 Å². The van der Waals surface area contributed by atoms with Gasteiger partial charge in [0.15, 0.2) is 23.9 Å². The third-order valence-electron chi connectivity index (χ3n) is 5.20. The molecule has 164 valence electrons. The van der Waals surface area contributed by atoms with Crippen molar-refractivity contribution in [3.63, 3.8) is 0 Å². The number of methoxy groups -OCH3 is 2. The lowest BCUT2D eigenvalue weighted by Crippen LogP contribution is -2.48. The maximum atomic E-state index is 12.8. The molecule has 0 aliphatic carbocycles. The van der Waals surface area contributed by atoms with Gasteiger partial charge in [-0.1, -0.05) is 6.07 Å².